The molecular formula is C32H35N3O7. The molecule has 0 aromatic heterocycles. The lowest BCUT2D eigenvalue weighted by molar-refractivity contribution is -0.384. The lowest BCUT2D eigenvalue weighted by atomic mass is 9.47. The average molecular weight is 574 g/mol. The van der Waals surface area contributed by atoms with Crippen LogP contribution in [0.5, 0.6) is 11.5 Å². The first-order valence-corrected chi connectivity index (χ1v) is 14.7. The van der Waals surface area contributed by atoms with Gasteiger partial charge < -0.3 is 9.47 Å². The molecule has 5 fully saturated rings. The van der Waals surface area contributed by atoms with Gasteiger partial charge in [-0.3, -0.25) is 29.9 Å². The molecule has 10 heteroatoms. The SMILES string of the molecule is CCOc1cc(/C=C2\C(=O)NC(=O)N([C@@H](C)C34CC5CC(CC(C5)C3)C4)C2=O)ccc1OCc1ccc([N+](=O)[O-])cc1. The van der Waals surface area contributed by atoms with Gasteiger partial charge in [0.1, 0.15) is 12.2 Å². The van der Waals surface area contributed by atoms with E-state index in [2.05, 4.69) is 5.32 Å². The first kappa shape index (κ1) is 27.9. The van der Waals surface area contributed by atoms with E-state index >= 15 is 0 Å². The quantitative estimate of drug-likeness (QED) is 0.178. The molecule has 10 nitrogen and oxygen atoms in total. The molecule has 5 aliphatic rings. The van der Waals surface area contributed by atoms with Crippen LogP contribution in [0.25, 0.3) is 6.08 Å². The van der Waals surface area contributed by atoms with Gasteiger partial charge >= 0.3 is 6.03 Å². The summed E-state index contributed by atoms with van der Waals surface area (Å²) in [6.07, 6.45) is 8.35. The predicted molar refractivity (Wildman–Crippen MR) is 153 cm³/mol. The van der Waals surface area contributed by atoms with Crippen LogP contribution in [0.15, 0.2) is 48.0 Å². The Kier molecular flexibility index (Phi) is 7.24. The fourth-order valence-electron chi connectivity index (χ4n) is 8.03. The Morgan fingerprint density at radius 2 is 1.64 bits per heavy atom. The molecule has 4 bridgehead atoms. The standard InChI is InChI=1S/C32H35N3O7/c1-3-41-28-14-21(6-9-27(28)42-18-20-4-7-25(8-5-20)35(39)40)13-26-29(36)33-31(38)34(30(26)37)19(2)32-15-22-10-23(16-32)12-24(11-22)17-32/h4-9,13-14,19,22-24H,3,10-12,15-18H2,1-2H3,(H,33,36,38)/b26-13+/t19-,22?,23?,24?,32?/m0/s1. The number of rotatable bonds is 9. The number of hydrogen-bond donors (Lipinski definition) is 1. The van der Waals surface area contributed by atoms with Crippen molar-refractivity contribution in [2.24, 2.45) is 23.2 Å². The zero-order chi connectivity index (χ0) is 29.6. The first-order valence-electron chi connectivity index (χ1n) is 14.7. The van der Waals surface area contributed by atoms with Crippen molar-refractivity contribution in [2.75, 3.05) is 6.61 Å². The van der Waals surface area contributed by atoms with Crippen LogP contribution in [-0.2, 0) is 16.2 Å². The molecular weight excluding hydrogens is 538 g/mol. The van der Waals surface area contributed by atoms with E-state index in [9.17, 15) is 24.5 Å². The first-order chi connectivity index (χ1) is 20.2. The van der Waals surface area contributed by atoms with E-state index in [-0.39, 0.29) is 29.3 Å². The van der Waals surface area contributed by atoms with Crippen LogP contribution in [0.4, 0.5) is 10.5 Å². The maximum atomic E-state index is 13.8. The van der Waals surface area contributed by atoms with Crippen molar-refractivity contribution in [2.45, 2.75) is 65.0 Å². The van der Waals surface area contributed by atoms with Crippen molar-refractivity contribution in [3.05, 3.63) is 69.3 Å². The highest BCUT2D eigenvalue weighted by molar-refractivity contribution is 6.31. The number of nitro benzene ring substituents is 1. The Balaban J connectivity index is 1.22. The number of nitro groups is 1. The number of barbiturate groups is 1. The van der Waals surface area contributed by atoms with Crippen molar-refractivity contribution >= 4 is 29.6 Å². The van der Waals surface area contributed by atoms with E-state index in [1.807, 2.05) is 13.8 Å². The minimum absolute atomic E-state index is 0.0000337. The number of carbonyl (C=O) groups is 3. The minimum Gasteiger partial charge on any atom is -0.490 e. The third-order valence-corrected chi connectivity index (χ3v) is 9.61. The molecule has 7 rings (SSSR count). The Labute approximate surface area is 244 Å². The van der Waals surface area contributed by atoms with Gasteiger partial charge in [0, 0.05) is 18.2 Å². The molecule has 0 radical (unpaired) electrons. The molecule has 1 saturated heterocycles. The summed E-state index contributed by atoms with van der Waals surface area (Å²) in [6, 6.07) is 10.2. The highest BCUT2D eigenvalue weighted by Gasteiger charge is 2.56. The zero-order valence-electron chi connectivity index (χ0n) is 23.8. The number of amides is 4. The second-order valence-corrected chi connectivity index (χ2v) is 12.3. The van der Waals surface area contributed by atoms with Crippen LogP contribution in [0.3, 0.4) is 0 Å². The van der Waals surface area contributed by atoms with E-state index in [0.29, 0.717) is 41.4 Å². The van der Waals surface area contributed by atoms with Crippen LogP contribution in [0.2, 0.25) is 0 Å². The van der Waals surface area contributed by atoms with Crippen molar-refractivity contribution in [3.8, 4) is 11.5 Å². The third kappa shape index (κ3) is 5.14. The molecule has 42 heavy (non-hydrogen) atoms. The second kappa shape index (κ2) is 10.9. The highest BCUT2D eigenvalue weighted by atomic mass is 16.6. The number of urea groups is 1. The average Bonchev–Trinajstić information content (AvgIpc) is 2.94. The number of non-ortho nitro benzene ring substituents is 1. The summed E-state index contributed by atoms with van der Waals surface area (Å²) in [5, 5.41) is 13.3. The summed E-state index contributed by atoms with van der Waals surface area (Å²) in [4.78, 5) is 51.4. The van der Waals surface area contributed by atoms with Crippen molar-refractivity contribution < 1.29 is 28.8 Å². The van der Waals surface area contributed by atoms with E-state index in [1.165, 1.54) is 42.4 Å². The predicted octanol–water partition coefficient (Wildman–Crippen LogP) is 5.64. The van der Waals surface area contributed by atoms with Crippen LogP contribution in [-0.4, -0.2) is 40.3 Å². The maximum Gasteiger partial charge on any atom is 0.331 e. The topological polar surface area (TPSA) is 128 Å². The van der Waals surface area contributed by atoms with Gasteiger partial charge in [0.2, 0.25) is 0 Å². The molecule has 220 valence electrons. The number of ether oxygens (including phenoxy) is 2. The van der Waals surface area contributed by atoms with E-state index in [4.69, 9.17) is 9.47 Å². The Morgan fingerprint density at radius 3 is 2.24 bits per heavy atom. The molecule has 1 aliphatic heterocycles. The van der Waals surface area contributed by atoms with Gasteiger partial charge in [0.15, 0.2) is 11.5 Å². The number of carbonyl (C=O) groups excluding carboxylic acids is 3. The maximum absolute atomic E-state index is 13.8. The lowest BCUT2D eigenvalue weighted by Gasteiger charge is -2.60. The van der Waals surface area contributed by atoms with Crippen molar-refractivity contribution in [1.82, 2.24) is 10.2 Å². The molecule has 0 spiro atoms. The van der Waals surface area contributed by atoms with Gasteiger partial charge in [-0.2, -0.15) is 0 Å². The summed E-state index contributed by atoms with van der Waals surface area (Å²) in [6.45, 7) is 4.33. The van der Waals surface area contributed by atoms with Crippen LogP contribution in [0.1, 0.15) is 63.5 Å². The van der Waals surface area contributed by atoms with Gasteiger partial charge in [-0.15, -0.1) is 0 Å². The normalized spacial score (nSPS) is 28.1. The van der Waals surface area contributed by atoms with Gasteiger partial charge in [-0.25, -0.2) is 4.79 Å². The third-order valence-electron chi connectivity index (χ3n) is 9.61. The molecule has 1 atom stereocenters. The Morgan fingerprint density at radius 1 is 1.00 bits per heavy atom. The van der Waals surface area contributed by atoms with Gasteiger partial charge in [-0.05, 0) is 117 Å². The fraction of sp³-hybridized carbons (Fsp3) is 0.469. The molecule has 4 saturated carbocycles. The molecule has 2 aromatic rings. The molecule has 4 aliphatic carbocycles. The largest absolute Gasteiger partial charge is 0.490 e. The van der Waals surface area contributed by atoms with Gasteiger partial charge in [-0.1, -0.05) is 6.07 Å². The van der Waals surface area contributed by atoms with Crippen LogP contribution < -0.4 is 14.8 Å². The smallest absolute Gasteiger partial charge is 0.331 e. The van der Waals surface area contributed by atoms with E-state index in [0.717, 1.165) is 24.8 Å². The number of benzene rings is 2. The van der Waals surface area contributed by atoms with Crippen LogP contribution >= 0.6 is 0 Å². The second-order valence-electron chi connectivity index (χ2n) is 12.3. The number of imide groups is 2. The lowest BCUT2D eigenvalue weighted by Crippen LogP contribution is -2.63. The summed E-state index contributed by atoms with van der Waals surface area (Å²) >= 11 is 0. The minimum atomic E-state index is -0.713. The fourth-order valence-corrected chi connectivity index (χ4v) is 8.03. The summed E-state index contributed by atoms with van der Waals surface area (Å²) in [5.41, 5.74) is 1.12. The zero-order valence-corrected chi connectivity index (χ0v) is 23.8. The van der Waals surface area contributed by atoms with Crippen LogP contribution in [0, 0.1) is 33.3 Å². The van der Waals surface area contributed by atoms with E-state index < -0.39 is 22.8 Å². The number of nitrogens with zero attached hydrogens (tertiary/aromatic N) is 2. The van der Waals surface area contributed by atoms with Gasteiger partial charge in [0.05, 0.1) is 11.5 Å². The molecule has 2 aromatic carbocycles. The Hall–Kier alpha value is -4.21. The van der Waals surface area contributed by atoms with Crippen molar-refractivity contribution in [1.29, 1.82) is 0 Å². The van der Waals surface area contributed by atoms with E-state index in [1.54, 1.807) is 30.3 Å². The monoisotopic (exact) mass is 573 g/mol. The highest BCUT2D eigenvalue weighted by Crippen LogP contribution is 2.62. The van der Waals surface area contributed by atoms with Gasteiger partial charge in [0.25, 0.3) is 17.5 Å². The Bertz CT molecular complexity index is 1430. The summed E-state index contributed by atoms with van der Waals surface area (Å²) in [7, 11) is 0. The molecule has 0 unspecified atom stereocenters. The molecule has 4 amide bonds. The summed E-state index contributed by atoms with van der Waals surface area (Å²) in [5.74, 6) is 1.58. The van der Waals surface area contributed by atoms with Crippen molar-refractivity contribution in [3.63, 3.8) is 0 Å². The number of hydrogen-bond acceptors (Lipinski definition) is 7. The molecule has 1 N–H and O–H groups in total. The number of nitrogens with one attached hydrogen (secondary N) is 1. The molecule has 1 heterocycles. The summed E-state index contributed by atoms with van der Waals surface area (Å²) < 4.78 is 11.7.